The molecule has 0 N–H and O–H groups in total. The van der Waals surface area contributed by atoms with Crippen molar-refractivity contribution in [2.24, 2.45) is 5.10 Å². The van der Waals surface area contributed by atoms with Crippen molar-refractivity contribution >= 4 is 61.3 Å². The number of rotatable bonds is 9. The lowest BCUT2D eigenvalue weighted by atomic mass is 10.2. The molecular weight excluding hydrogens is 652 g/mol. The molecule has 0 radical (unpaired) electrons. The summed E-state index contributed by atoms with van der Waals surface area (Å²) in [6, 6.07) is 23.7. The van der Waals surface area contributed by atoms with Crippen LogP contribution in [0.15, 0.2) is 104 Å². The molecule has 0 fully saturated rings. The Hall–Kier alpha value is -5.00. The van der Waals surface area contributed by atoms with Gasteiger partial charge >= 0.3 is 0 Å². The third-order valence-electron chi connectivity index (χ3n) is 6.67. The van der Waals surface area contributed by atoms with Crippen LogP contribution in [-0.4, -0.2) is 27.4 Å². The van der Waals surface area contributed by atoms with Crippen molar-refractivity contribution in [2.45, 2.75) is 13.5 Å². The van der Waals surface area contributed by atoms with Crippen LogP contribution in [0.1, 0.15) is 18.1 Å². The predicted octanol–water partition coefficient (Wildman–Crippen LogP) is 7.99. The smallest absolute Gasteiger partial charge is 0.282 e. The monoisotopic (exact) mass is 672 g/mol. The molecule has 12 heteroatoms. The second-order valence-electron chi connectivity index (χ2n) is 9.57. The Kier molecular flexibility index (Phi) is 8.14. The highest BCUT2D eigenvalue weighted by Crippen LogP contribution is 2.34. The van der Waals surface area contributed by atoms with Gasteiger partial charge in [-0.15, -0.1) is 0 Å². The summed E-state index contributed by atoms with van der Waals surface area (Å²) >= 11 is 9.75. The Balaban J connectivity index is 1.37. The quantitative estimate of drug-likeness (QED) is 0.0866. The van der Waals surface area contributed by atoms with Crippen LogP contribution in [0.4, 0.5) is 5.69 Å². The van der Waals surface area contributed by atoms with E-state index in [2.05, 4.69) is 21.0 Å². The summed E-state index contributed by atoms with van der Waals surface area (Å²) in [6.07, 6.45) is 1.52. The topological polar surface area (TPSA) is 122 Å². The summed E-state index contributed by atoms with van der Waals surface area (Å²) in [5, 5.41) is 17.2. The molecule has 2 aromatic heterocycles. The lowest BCUT2D eigenvalue weighted by Gasteiger charge is -2.14. The van der Waals surface area contributed by atoms with Gasteiger partial charge in [-0.3, -0.25) is 14.9 Å². The molecule has 6 aromatic rings. The van der Waals surface area contributed by atoms with Gasteiger partial charge in [-0.2, -0.15) is 9.78 Å². The maximum Gasteiger partial charge on any atom is 0.282 e. The molecule has 0 saturated carbocycles. The van der Waals surface area contributed by atoms with Crippen molar-refractivity contribution in [1.82, 2.24) is 9.66 Å². The van der Waals surface area contributed by atoms with Crippen molar-refractivity contribution < 1.29 is 18.8 Å². The normalized spacial score (nSPS) is 11.4. The number of hydrogen-bond acceptors (Lipinski definition) is 8. The molecule has 0 bridgehead atoms. The van der Waals surface area contributed by atoms with Gasteiger partial charge in [0.15, 0.2) is 17.3 Å². The Bertz CT molecular complexity index is 2120. The first-order chi connectivity index (χ1) is 21.3. The number of furan rings is 1. The van der Waals surface area contributed by atoms with Gasteiger partial charge < -0.3 is 13.9 Å². The van der Waals surface area contributed by atoms with Crippen molar-refractivity contribution in [3.05, 3.63) is 126 Å². The Morgan fingerprint density at radius 1 is 1.05 bits per heavy atom. The van der Waals surface area contributed by atoms with Crippen molar-refractivity contribution in [1.29, 1.82) is 0 Å². The first-order valence-corrected chi connectivity index (χ1v) is 14.6. The van der Waals surface area contributed by atoms with E-state index in [1.165, 1.54) is 23.0 Å². The Labute approximate surface area is 263 Å². The van der Waals surface area contributed by atoms with Crippen LogP contribution in [0.2, 0.25) is 5.02 Å². The molecule has 0 aliphatic rings. The zero-order chi connectivity index (χ0) is 30.8. The van der Waals surface area contributed by atoms with Crippen LogP contribution in [-0.2, 0) is 6.61 Å². The van der Waals surface area contributed by atoms with Crippen LogP contribution in [0.25, 0.3) is 33.5 Å². The van der Waals surface area contributed by atoms with E-state index in [4.69, 9.17) is 30.5 Å². The second-order valence-corrected chi connectivity index (χ2v) is 10.9. The highest BCUT2D eigenvalue weighted by Gasteiger charge is 2.17. The number of nitrogens with zero attached hydrogens (tertiary/aromatic N) is 4. The van der Waals surface area contributed by atoms with E-state index in [9.17, 15) is 14.9 Å². The van der Waals surface area contributed by atoms with Gasteiger partial charge in [-0.05, 0) is 89.1 Å². The summed E-state index contributed by atoms with van der Waals surface area (Å²) in [6.45, 7) is 2.39. The van der Waals surface area contributed by atoms with Crippen LogP contribution in [0, 0.1) is 10.1 Å². The van der Waals surface area contributed by atoms with Crippen LogP contribution >= 0.6 is 27.5 Å². The number of halogens is 2. The van der Waals surface area contributed by atoms with Crippen LogP contribution in [0.5, 0.6) is 11.5 Å². The minimum atomic E-state index is -0.451. The van der Waals surface area contributed by atoms with Gasteiger partial charge in [0.2, 0.25) is 5.82 Å². The fourth-order valence-electron chi connectivity index (χ4n) is 4.54. The van der Waals surface area contributed by atoms with Crippen LogP contribution < -0.4 is 15.0 Å². The van der Waals surface area contributed by atoms with E-state index in [-0.39, 0.29) is 23.7 Å². The Morgan fingerprint density at radius 2 is 1.82 bits per heavy atom. The molecule has 220 valence electrons. The summed E-state index contributed by atoms with van der Waals surface area (Å²) < 4.78 is 19.7. The average molecular weight is 674 g/mol. The van der Waals surface area contributed by atoms with Gasteiger partial charge in [-0.25, -0.2) is 4.98 Å². The molecule has 2 heterocycles. The molecule has 0 aliphatic heterocycles. The summed E-state index contributed by atoms with van der Waals surface area (Å²) in [7, 11) is 0. The SMILES string of the molecule is CCOc1cc(C=Nn2c(-c3cc4cc(Cl)ccc4o3)nc3ccccc3c2=O)c(Br)cc1OCc1ccc([N+](=O)[O-])cc1. The van der Waals surface area contributed by atoms with E-state index in [1.54, 1.807) is 66.7 Å². The van der Waals surface area contributed by atoms with E-state index in [0.717, 1.165) is 10.9 Å². The number of non-ortho nitro benzene ring substituents is 1. The van der Waals surface area contributed by atoms with E-state index >= 15 is 0 Å². The minimum Gasteiger partial charge on any atom is -0.490 e. The molecule has 0 amide bonds. The first-order valence-electron chi connectivity index (χ1n) is 13.4. The summed E-state index contributed by atoms with van der Waals surface area (Å²) in [5.74, 6) is 1.49. The van der Waals surface area contributed by atoms with Crippen molar-refractivity contribution in [3.63, 3.8) is 0 Å². The molecule has 0 atom stereocenters. The number of benzene rings is 4. The minimum absolute atomic E-state index is 0.00346. The van der Waals surface area contributed by atoms with E-state index in [0.29, 0.717) is 55.4 Å². The zero-order valence-electron chi connectivity index (χ0n) is 23.1. The van der Waals surface area contributed by atoms with Gasteiger partial charge in [0, 0.05) is 32.6 Å². The summed E-state index contributed by atoms with van der Waals surface area (Å²) in [5.41, 5.74) is 2.10. The average Bonchev–Trinajstić information content (AvgIpc) is 3.44. The van der Waals surface area contributed by atoms with Crippen molar-refractivity contribution in [2.75, 3.05) is 6.61 Å². The fraction of sp³-hybridized carbons (Fsp3) is 0.0938. The maximum absolute atomic E-state index is 13.7. The fourth-order valence-corrected chi connectivity index (χ4v) is 5.15. The molecule has 44 heavy (non-hydrogen) atoms. The molecule has 10 nitrogen and oxygen atoms in total. The third-order valence-corrected chi connectivity index (χ3v) is 7.59. The highest BCUT2D eigenvalue weighted by atomic mass is 79.9. The van der Waals surface area contributed by atoms with E-state index in [1.807, 2.05) is 13.0 Å². The second kappa shape index (κ2) is 12.3. The van der Waals surface area contributed by atoms with Gasteiger partial charge in [0.1, 0.15) is 12.2 Å². The number of fused-ring (bicyclic) bond motifs is 2. The van der Waals surface area contributed by atoms with Crippen molar-refractivity contribution in [3.8, 4) is 23.1 Å². The highest BCUT2D eigenvalue weighted by molar-refractivity contribution is 9.10. The number of hydrogen-bond donors (Lipinski definition) is 0. The summed E-state index contributed by atoms with van der Waals surface area (Å²) in [4.78, 5) is 28.9. The molecule has 0 spiro atoms. The van der Waals surface area contributed by atoms with Crippen LogP contribution in [0.3, 0.4) is 0 Å². The number of para-hydroxylation sites is 1. The molecule has 6 rings (SSSR count). The van der Waals surface area contributed by atoms with Gasteiger partial charge in [0.25, 0.3) is 11.2 Å². The predicted molar refractivity (Wildman–Crippen MR) is 172 cm³/mol. The largest absolute Gasteiger partial charge is 0.490 e. The maximum atomic E-state index is 13.7. The number of nitro benzene ring substituents is 1. The Morgan fingerprint density at radius 3 is 2.59 bits per heavy atom. The molecule has 0 saturated heterocycles. The molecular formula is C32H22BrClN4O6. The zero-order valence-corrected chi connectivity index (χ0v) is 25.4. The third kappa shape index (κ3) is 5.92. The van der Waals surface area contributed by atoms with Gasteiger partial charge in [0.05, 0.1) is 28.6 Å². The number of ether oxygens (including phenoxy) is 2. The molecule has 4 aromatic carbocycles. The number of nitro groups is 1. The van der Waals surface area contributed by atoms with E-state index < -0.39 is 4.92 Å². The molecule has 0 unspecified atom stereocenters. The first kappa shape index (κ1) is 29.1. The van der Waals surface area contributed by atoms with Gasteiger partial charge in [-0.1, -0.05) is 23.7 Å². The standard InChI is InChI=1S/C32H22BrClN4O6/c1-2-42-28-15-21(25(33)16-29(28)43-18-19-7-10-23(11-8-19)38(40)41)17-35-37-31(36-26-6-4-3-5-24(26)32(37)39)30-14-20-13-22(34)9-12-27(20)44-30/h3-17H,2,18H2,1H3. The lowest BCUT2D eigenvalue weighted by Crippen LogP contribution is -2.20. The lowest BCUT2D eigenvalue weighted by molar-refractivity contribution is -0.384. The molecule has 0 aliphatic carbocycles. The number of aromatic nitrogens is 2.